The van der Waals surface area contributed by atoms with Crippen LogP contribution in [-0.2, 0) is 11.8 Å². The molecular weight excluding hydrogens is 317 g/mol. The van der Waals surface area contributed by atoms with E-state index >= 15 is 0 Å². The lowest BCUT2D eigenvalue weighted by Crippen LogP contribution is -2.42. The fourth-order valence-corrected chi connectivity index (χ4v) is 2.71. The smallest absolute Gasteiger partial charge is 0.137 e. The van der Waals surface area contributed by atoms with E-state index in [9.17, 15) is 4.39 Å². The van der Waals surface area contributed by atoms with Crippen LogP contribution in [0.3, 0.4) is 0 Å². The van der Waals surface area contributed by atoms with Crippen LogP contribution >= 0.6 is 15.9 Å². The Morgan fingerprint density at radius 3 is 2.40 bits per heavy atom. The number of hydrogen-bond donors (Lipinski definition) is 1. The first-order valence-electron chi connectivity index (χ1n) is 6.67. The van der Waals surface area contributed by atoms with E-state index in [4.69, 9.17) is 5.73 Å². The predicted molar refractivity (Wildman–Crippen MR) is 85.2 cm³/mol. The summed E-state index contributed by atoms with van der Waals surface area (Å²) < 4.78 is 14.1. The van der Waals surface area contributed by atoms with Crippen molar-refractivity contribution in [2.45, 2.75) is 31.7 Å². The lowest BCUT2D eigenvalue weighted by atomic mass is 9.76. The van der Waals surface area contributed by atoms with Gasteiger partial charge in [-0.3, -0.25) is 0 Å². The second-order valence-electron chi connectivity index (χ2n) is 5.61. The van der Waals surface area contributed by atoms with Crippen molar-refractivity contribution < 1.29 is 4.39 Å². The van der Waals surface area contributed by atoms with Crippen LogP contribution in [0.25, 0.3) is 0 Å². The molecule has 0 aliphatic heterocycles. The lowest BCUT2D eigenvalue weighted by molar-refractivity contribution is 0.405. The summed E-state index contributed by atoms with van der Waals surface area (Å²) in [6.45, 7) is 4.25. The largest absolute Gasteiger partial charge is 0.327 e. The highest BCUT2D eigenvalue weighted by atomic mass is 79.9. The van der Waals surface area contributed by atoms with Crippen LogP contribution in [0, 0.1) is 5.82 Å². The molecular formula is C17H19BrFN. The van der Waals surface area contributed by atoms with Gasteiger partial charge in [0.2, 0.25) is 0 Å². The van der Waals surface area contributed by atoms with Gasteiger partial charge in [0.1, 0.15) is 5.82 Å². The summed E-state index contributed by atoms with van der Waals surface area (Å²) in [4.78, 5) is 0. The highest BCUT2D eigenvalue weighted by Crippen LogP contribution is 2.30. The van der Waals surface area contributed by atoms with E-state index in [1.54, 1.807) is 6.07 Å². The minimum Gasteiger partial charge on any atom is -0.327 e. The van der Waals surface area contributed by atoms with E-state index < -0.39 is 0 Å². The molecule has 0 aliphatic rings. The van der Waals surface area contributed by atoms with E-state index in [0.29, 0.717) is 10.9 Å². The van der Waals surface area contributed by atoms with Gasteiger partial charge in [-0.25, -0.2) is 4.39 Å². The third-order valence-corrected chi connectivity index (χ3v) is 4.80. The van der Waals surface area contributed by atoms with E-state index in [0.717, 1.165) is 5.56 Å². The van der Waals surface area contributed by atoms with Crippen LogP contribution in [0.1, 0.15) is 25.0 Å². The number of nitrogens with two attached hydrogens (primary N) is 1. The van der Waals surface area contributed by atoms with E-state index in [2.05, 4.69) is 41.9 Å². The Bertz CT molecular complexity index is 581. The van der Waals surface area contributed by atoms with Crippen molar-refractivity contribution in [1.29, 1.82) is 0 Å². The zero-order valence-corrected chi connectivity index (χ0v) is 13.3. The van der Waals surface area contributed by atoms with Crippen molar-refractivity contribution in [3.05, 3.63) is 69.9 Å². The minimum absolute atomic E-state index is 0.0944. The maximum absolute atomic E-state index is 13.6. The van der Waals surface area contributed by atoms with Gasteiger partial charge in [-0.2, -0.15) is 0 Å². The molecule has 0 saturated carbocycles. The average Bonchev–Trinajstić information content (AvgIpc) is 2.44. The molecule has 0 aliphatic carbocycles. The van der Waals surface area contributed by atoms with E-state index in [1.165, 1.54) is 11.6 Å². The molecule has 0 saturated heterocycles. The third kappa shape index (κ3) is 3.10. The molecule has 0 spiro atoms. The standard InChI is InChI=1S/C17H19BrFN/c1-17(2,13-8-4-3-5-9-13)15(20)11-12-7-6-10-14(19)16(12)18/h3-10,15H,11,20H2,1-2H3. The molecule has 0 bridgehead atoms. The molecule has 1 nitrogen and oxygen atoms in total. The first-order valence-corrected chi connectivity index (χ1v) is 7.46. The molecule has 1 unspecified atom stereocenters. The quantitative estimate of drug-likeness (QED) is 0.878. The van der Waals surface area contributed by atoms with Gasteiger partial charge in [-0.1, -0.05) is 56.3 Å². The van der Waals surface area contributed by atoms with E-state index in [1.807, 2.05) is 24.3 Å². The Hall–Kier alpha value is -1.19. The number of halogens is 2. The zero-order chi connectivity index (χ0) is 14.8. The summed E-state index contributed by atoms with van der Waals surface area (Å²) in [5.41, 5.74) is 8.32. The summed E-state index contributed by atoms with van der Waals surface area (Å²) in [7, 11) is 0. The lowest BCUT2D eigenvalue weighted by Gasteiger charge is -2.32. The Morgan fingerprint density at radius 1 is 1.10 bits per heavy atom. The molecule has 0 fully saturated rings. The van der Waals surface area contributed by atoms with Gasteiger partial charge in [0, 0.05) is 11.5 Å². The number of rotatable bonds is 4. The van der Waals surface area contributed by atoms with Gasteiger partial charge in [-0.05, 0) is 39.5 Å². The van der Waals surface area contributed by atoms with Gasteiger partial charge in [0.15, 0.2) is 0 Å². The predicted octanol–water partition coefficient (Wildman–Crippen LogP) is 4.44. The topological polar surface area (TPSA) is 26.0 Å². The Labute approximate surface area is 128 Å². The summed E-state index contributed by atoms with van der Waals surface area (Å²) in [5, 5.41) is 0. The fourth-order valence-electron chi connectivity index (χ4n) is 2.28. The van der Waals surface area contributed by atoms with Gasteiger partial charge in [-0.15, -0.1) is 0 Å². The second kappa shape index (κ2) is 6.06. The maximum atomic E-state index is 13.6. The van der Waals surface area contributed by atoms with Crippen LogP contribution in [0.5, 0.6) is 0 Å². The highest BCUT2D eigenvalue weighted by molar-refractivity contribution is 9.10. The van der Waals surface area contributed by atoms with Crippen LogP contribution in [-0.4, -0.2) is 6.04 Å². The molecule has 106 valence electrons. The Balaban J connectivity index is 2.23. The molecule has 2 aromatic rings. The molecule has 2 N–H and O–H groups in total. The van der Waals surface area contributed by atoms with Crippen molar-refractivity contribution in [1.82, 2.24) is 0 Å². The molecule has 0 radical (unpaired) electrons. The molecule has 3 heteroatoms. The molecule has 20 heavy (non-hydrogen) atoms. The zero-order valence-electron chi connectivity index (χ0n) is 11.7. The van der Waals surface area contributed by atoms with Gasteiger partial charge < -0.3 is 5.73 Å². The van der Waals surface area contributed by atoms with Gasteiger partial charge in [0.05, 0.1) is 4.47 Å². The number of hydrogen-bond acceptors (Lipinski definition) is 1. The Kier molecular flexibility index (Phi) is 4.61. The average molecular weight is 336 g/mol. The van der Waals surface area contributed by atoms with Crippen molar-refractivity contribution in [2.75, 3.05) is 0 Å². The van der Waals surface area contributed by atoms with Crippen molar-refractivity contribution in [2.24, 2.45) is 5.73 Å². The van der Waals surface area contributed by atoms with Crippen LogP contribution in [0.4, 0.5) is 4.39 Å². The van der Waals surface area contributed by atoms with Crippen LogP contribution in [0.15, 0.2) is 53.0 Å². The first-order chi connectivity index (χ1) is 9.43. The van der Waals surface area contributed by atoms with Crippen LogP contribution < -0.4 is 5.73 Å². The minimum atomic E-state index is -0.243. The van der Waals surface area contributed by atoms with Gasteiger partial charge >= 0.3 is 0 Å². The summed E-state index contributed by atoms with van der Waals surface area (Å²) >= 11 is 3.30. The second-order valence-corrected chi connectivity index (χ2v) is 6.40. The SMILES string of the molecule is CC(C)(c1ccccc1)C(N)Cc1cccc(F)c1Br. The highest BCUT2D eigenvalue weighted by Gasteiger charge is 2.29. The van der Waals surface area contributed by atoms with Crippen molar-refractivity contribution >= 4 is 15.9 Å². The fraction of sp³-hybridized carbons (Fsp3) is 0.294. The number of benzene rings is 2. The Morgan fingerprint density at radius 2 is 1.75 bits per heavy atom. The summed E-state index contributed by atoms with van der Waals surface area (Å²) in [6.07, 6.45) is 0.625. The van der Waals surface area contributed by atoms with Crippen molar-refractivity contribution in [3.63, 3.8) is 0 Å². The summed E-state index contributed by atoms with van der Waals surface area (Å²) in [5.74, 6) is -0.243. The molecule has 1 atom stereocenters. The van der Waals surface area contributed by atoms with Crippen LogP contribution in [0.2, 0.25) is 0 Å². The maximum Gasteiger partial charge on any atom is 0.137 e. The molecule has 0 heterocycles. The van der Waals surface area contributed by atoms with Gasteiger partial charge in [0.25, 0.3) is 0 Å². The molecule has 0 amide bonds. The normalized spacial score (nSPS) is 13.2. The molecule has 2 aromatic carbocycles. The summed E-state index contributed by atoms with van der Waals surface area (Å²) in [6, 6.07) is 15.2. The van der Waals surface area contributed by atoms with E-state index in [-0.39, 0.29) is 17.3 Å². The van der Waals surface area contributed by atoms with Crippen molar-refractivity contribution in [3.8, 4) is 0 Å². The molecule has 0 aromatic heterocycles. The first kappa shape index (κ1) is 15.2. The third-order valence-electron chi connectivity index (χ3n) is 3.92. The monoisotopic (exact) mass is 335 g/mol. The molecule has 2 rings (SSSR count).